The number of hydrogen-bond donors (Lipinski definition) is 0. The molecule has 2 atom stereocenters. The van der Waals surface area contributed by atoms with E-state index in [9.17, 15) is 4.79 Å². The zero-order valence-electron chi connectivity index (χ0n) is 15.6. The molecule has 0 saturated carbocycles. The number of nitrogens with zero attached hydrogens (tertiary/aromatic N) is 3. The van der Waals surface area contributed by atoms with E-state index in [0.29, 0.717) is 0 Å². The number of likely N-dealkylation sites (tertiary alicyclic amines) is 1. The SMILES string of the molecule is CN1C(=O)C2CC(CN2Cc2cn(C)c3ccccc23)Oc2ccccc21. The molecule has 5 heteroatoms. The second-order valence-electron chi connectivity index (χ2n) is 7.57. The molecule has 1 saturated heterocycles. The topological polar surface area (TPSA) is 37.7 Å². The number of fused-ring (bicyclic) bond motifs is 4. The summed E-state index contributed by atoms with van der Waals surface area (Å²) < 4.78 is 8.42. The van der Waals surface area contributed by atoms with Crippen molar-refractivity contribution in [1.29, 1.82) is 0 Å². The molecular formula is C22H23N3O2. The van der Waals surface area contributed by atoms with Crippen LogP contribution in [-0.2, 0) is 18.4 Å². The number of carbonyl (C=O) groups excluding carboxylic acids is 1. The lowest BCUT2D eigenvalue weighted by molar-refractivity contribution is -0.122. The molecule has 27 heavy (non-hydrogen) atoms. The Bertz CT molecular complexity index is 1030. The molecule has 0 aliphatic carbocycles. The minimum Gasteiger partial charge on any atom is -0.487 e. The van der Waals surface area contributed by atoms with E-state index >= 15 is 0 Å². The Morgan fingerprint density at radius 1 is 1.07 bits per heavy atom. The van der Waals surface area contributed by atoms with Gasteiger partial charge in [-0.3, -0.25) is 9.69 Å². The van der Waals surface area contributed by atoms with Crippen molar-refractivity contribution < 1.29 is 9.53 Å². The summed E-state index contributed by atoms with van der Waals surface area (Å²) in [6.45, 7) is 1.52. The van der Waals surface area contributed by atoms with Crippen molar-refractivity contribution in [3.8, 4) is 5.75 Å². The van der Waals surface area contributed by atoms with E-state index < -0.39 is 0 Å². The largest absolute Gasteiger partial charge is 0.487 e. The third-order valence-corrected chi connectivity index (χ3v) is 5.85. The minimum atomic E-state index is -0.146. The van der Waals surface area contributed by atoms with Crippen LogP contribution in [0.5, 0.6) is 5.75 Å². The second kappa shape index (κ2) is 6.13. The number of aryl methyl sites for hydroxylation is 1. The average Bonchev–Trinajstić information content (AvgIpc) is 3.22. The van der Waals surface area contributed by atoms with Crippen LogP contribution in [0.3, 0.4) is 0 Å². The molecule has 2 aromatic carbocycles. The van der Waals surface area contributed by atoms with Crippen LogP contribution in [0.25, 0.3) is 10.9 Å². The molecule has 1 amide bonds. The van der Waals surface area contributed by atoms with E-state index in [1.807, 2.05) is 31.3 Å². The molecule has 2 unspecified atom stereocenters. The highest BCUT2D eigenvalue weighted by Gasteiger charge is 2.42. The van der Waals surface area contributed by atoms with Crippen LogP contribution in [0, 0.1) is 0 Å². The summed E-state index contributed by atoms with van der Waals surface area (Å²) in [5, 5.41) is 1.25. The molecule has 0 spiro atoms. The third kappa shape index (κ3) is 2.61. The first-order chi connectivity index (χ1) is 13.1. The van der Waals surface area contributed by atoms with Gasteiger partial charge in [0, 0.05) is 50.7 Å². The molecule has 2 aliphatic rings. The Morgan fingerprint density at radius 3 is 2.74 bits per heavy atom. The molecular weight excluding hydrogens is 338 g/mol. The maximum absolute atomic E-state index is 13.2. The summed E-state index contributed by atoms with van der Waals surface area (Å²) in [7, 11) is 3.92. The van der Waals surface area contributed by atoms with Crippen molar-refractivity contribution in [2.24, 2.45) is 7.05 Å². The van der Waals surface area contributed by atoms with Gasteiger partial charge in [-0.15, -0.1) is 0 Å². The lowest BCUT2D eigenvalue weighted by Gasteiger charge is -2.29. The Hall–Kier alpha value is -2.79. The van der Waals surface area contributed by atoms with Crippen molar-refractivity contribution in [2.75, 3.05) is 18.5 Å². The van der Waals surface area contributed by atoms with Crippen LogP contribution in [0.2, 0.25) is 0 Å². The smallest absolute Gasteiger partial charge is 0.244 e. The second-order valence-corrected chi connectivity index (χ2v) is 7.57. The number of ether oxygens (including phenoxy) is 1. The van der Waals surface area contributed by atoms with Gasteiger partial charge in [-0.25, -0.2) is 0 Å². The van der Waals surface area contributed by atoms with Crippen molar-refractivity contribution in [1.82, 2.24) is 9.47 Å². The highest BCUT2D eigenvalue weighted by molar-refractivity contribution is 5.98. The first-order valence-corrected chi connectivity index (χ1v) is 9.42. The minimum absolute atomic E-state index is 0.0452. The lowest BCUT2D eigenvalue weighted by Crippen LogP contribution is -2.44. The van der Waals surface area contributed by atoms with Crippen LogP contribution >= 0.6 is 0 Å². The standard InChI is InChI=1S/C22H23N3O2/c1-23-12-15(17-7-3-4-8-18(17)23)13-25-14-16-11-20(25)22(26)24(2)19-9-5-6-10-21(19)27-16/h3-10,12,16,20H,11,13-14H2,1-2H3. The van der Waals surface area contributed by atoms with Crippen LogP contribution in [0.1, 0.15) is 12.0 Å². The van der Waals surface area contributed by atoms with Gasteiger partial charge >= 0.3 is 0 Å². The van der Waals surface area contributed by atoms with E-state index in [0.717, 1.165) is 30.9 Å². The highest BCUT2D eigenvalue weighted by Crippen LogP contribution is 2.36. The predicted molar refractivity (Wildman–Crippen MR) is 106 cm³/mol. The zero-order valence-corrected chi connectivity index (χ0v) is 15.6. The number of likely N-dealkylation sites (N-methyl/N-ethyl adjacent to an activating group) is 1. The Kier molecular flexibility index (Phi) is 3.72. The first-order valence-electron chi connectivity index (χ1n) is 9.42. The van der Waals surface area contributed by atoms with Gasteiger partial charge < -0.3 is 14.2 Å². The molecule has 3 heterocycles. The van der Waals surface area contributed by atoms with Crippen LogP contribution in [0.15, 0.2) is 54.7 Å². The van der Waals surface area contributed by atoms with Crippen LogP contribution < -0.4 is 9.64 Å². The molecule has 5 nitrogen and oxygen atoms in total. The summed E-state index contributed by atoms with van der Waals surface area (Å²) in [5.74, 6) is 0.942. The third-order valence-electron chi connectivity index (χ3n) is 5.85. The van der Waals surface area contributed by atoms with Gasteiger partial charge in [0.15, 0.2) is 0 Å². The molecule has 138 valence electrons. The van der Waals surface area contributed by atoms with Gasteiger partial charge in [0.25, 0.3) is 0 Å². The Labute approximate surface area is 158 Å². The molecule has 1 aromatic heterocycles. The maximum atomic E-state index is 13.2. The number of hydrogen-bond acceptors (Lipinski definition) is 3. The highest BCUT2D eigenvalue weighted by atomic mass is 16.5. The summed E-state index contributed by atoms with van der Waals surface area (Å²) in [6, 6.07) is 16.1. The Balaban J connectivity index is 1.48. The number of carbonyl (C=O) groups is 1. The Morgan fingerprint density at radius 2 is 1.85 bits per heavy atom. The lowest BCUT2D eigenvalue weighted by atomic mass is 10.1. The number of aromatic nitrogens is 1. The van der Waals surface area contributed by atoms with Crippen molar-refractivity contribution in [2.45, 2.75) is 25.1 Å². The summed E-state index contributed by atoms with van der Waals surface area (Å²) >= 11 is 0. The number of anilines is 1. The normalized spacial score (nSPS) is 22.4. The van der Waals surface area contributed by atoms with Crippen molar-refractivity contribution in [3.63, 3.8) is 0 Å². The van der Waals surface area contributed by atoms with Crippen LogP contribution in [-0.4, -0.2) is 41.1 Å². The molecule has 3 aromatic rings. The van der Waals surface area contributed by atoms with Crippen molar-refractivity contribution >= 4 is 22.5 Å². The fourth-order valence-electron chi connectivity index (χ4n) is 4.50. The molecule has 5 rings (SSSR count). The van der Waals surface area contributed by atoms with Gasteiger partial charge in [-0.05, 0) is 23.8 Å². The van der Waals surface area contributed by atoms with Gasteiger partial charge in [0.1, 0.15) is 11.9 Å². The maximum Gasteiger partial charge on any atom is 0.244 e. The summed E-state index contributed by atoms with van der Waals surface area (Å²) in [4.78, 5) is 17.2. The number of benzene rings is 2. The fourth-order valence-corrected chi connectivity index (χ4v) is 4.50. The molecule has 2 aliphatic heterocycles. The number of para-hydroxylation sites is 3. The fraction of sp³-hybridized carbons (Fsp3) is 0.318. The van der Waals surface area contributed by atoms with Gasteiger partial charge in [0.05, 0.1) is 11.7 Å². The van der Waals surface area contributed by atoms with Gasteiger partial charge in [-0.2, -0.15) is 0 Å². The van der Waals surface area contributed by atoms with E-state index in [2.05, 4.69) is 47.0 Å². The molecule has 0 N–H and O–H groups in total. The number of amides is 1. The monoisotopic (exact) mass is 361 g/mol. The molecule has 2 bridgehead atoms. The summed E-state index contributed by atoms with van der Waals surface area (Å²) in [6.07, 6.45) is 2.96. The zero-order chi connectivity index (χ0) is 18.5. The van der Waals surface area contributed by atoms with E-state index in [1.165, 1.54) is 16.5 Å². The quantitative estimate of drug-likeness (QED) is 0.704. The van der Waals surface area contributed by atoms with E-state index in [1.54, 1.807) is 4.90 Å². The predicted octanol–water partition coefficient (Wildman–Crippen LogP) is 3.18. The molecule has 1 fully saturated rings. The van der Waals surface area contributed by atoms with Gasteiger partial charge in [0.2, 0.25) is 5.91 Å². The van der Waals surface area contributed by atoms with E-state index in [-0.39, 0.29) is 18.1 Å². The molecule has 0 radical (unpaired) electrons. The van der Waals surface area contributed by atoms with Gasteiger partial charge in [-0.1, -0.05) is 30.3 Å². The average molecular weight is 361 g/mol. The first kappa shape index (κ1) is 16.4. The van der Waals surface area contributed by atoms with Crippen molar-refractivity contribution in [3.05, 3.63) is 60.3 Å². The number of rotatable bonds is 2. The van der Waals surface area contributed by atoms with Crippen LogP contribution in [0.4, 0.5) is 5.69 Å². The summed E-state index contributed by atoms with van der Waals surface area (Å²) in [5.41, 5.74) is 3.33. The van der Waals surface area contributed by atoms with E-state index in [4.69, 9.17) is 4.74 Å².